The number of ether oxygens (including phenoxy) is 1. The molecule has 6 nitrogen and oxygen atoms in total. The number of nitrogens with one attached hydrogen (secondary N) is 2. The van der Waals surface area contributed by atoms with Crippen LogP contribution in [0.15, 0.2) is 30.5 Å². The van der Waals surface area contributed by atoms with Crippen LogP contribution in [0, 0.1) is 0 Å². The van der Waals surface area contributed by atoms with Gasteiger partial charge in [-0.05, 0) is 24.6 Å². The van der Waals surface area contributed by atoms with E-state index >= 15 is 0 Å². The van der Waals surface area contributed by atoms with Crippen LogP contribution in [0.5, 0.6) is 0 Å². The Kier molecular flexibility index (Phi) is 5.55. The number of hydrogen-bond donors (Lipinski definition) is 3. The fourth-order valence-corrected chi connectivity index (χ4v) is 2.39. The van der Waals surface area contributed by atoms with Crippen molar-refractivity contribution in [2.75, 3.05) is 13.7 Å². The van der Waals surface area contributed by atoms with Crippen molar-refractivity contribution < 1.29 is 14.3 Å². The number of hydrogen-bond acceptors (Lipinski definition) is 4. The number of aromatic nitrogens is 1. The lowest BCUT2D eigenvalue weighted by Crippen LogP contribution is -2.43. The number of fused-ring (bicyclic) bond motifs is 1. The molecule has 1 amide bonds. The number of H-pyrrole nitrogens is 1. The van der Waals surface area contributed by atoms with Gasteiger partial charge < -0.3 is 20.8 Å². The highest BCUT2D eigenvalue weighted by Crippen LogP contribution is 2.19. The Morgan fingerprint density at radius 1 is 1.36 bits per heavy atom. The van der Waals surface area contributed by atoms with E-state index in [1.165, 1.54) is 7.11 Å². The molecule has 1 unspecified atom stereocenters. The molecule has 2 aromatic rings. The monoisotopic (exact) mass is 303 g/mol. The van der Waals surface area contributed by atoms with E-state index in [0.29, 0.717) is 25.8 Å². The van der Waals surface area contributed by atoms with E-state index in [-0.39, 0.29) is 5.91 Å². The highest BCUT2D eigenvalue weighted by molar-refractivity contribution is 5.87. The molecule has 0 spiro atoms. The lowest BCUT2D eigenvalue weighted by molar-refractivity contribution is -0.145. The van der Waals surface area contributed by atoms with Crippen molar-refractivity contribution in [1.29, 1.82) is 0 Å². The Morgan fingerprint density at radius 2 is 2.14 bits per heavy atom. The zero-order valence-electron chi connectivity index (χ0n) is 12.6. The summed E-state index contributed by atoms with van der Waals surface area (Å²) in [6, 6.07) is 7.12. The second-order valence-corrected chi connectivity index (χ2v) is 5.10. The Hall–Kier alpha value is -2.34. The predicted molar refractivity (Wildman–Crippen MR) is 84.2 cm³/mol. The van der Waals surface area contributed by atoms with Crippen LogP contribution >= 0.6 is 0 Å². The van der Waals surface area contributed by atoms with E-state index in [1.54, 1.807) is 0 Å². The van der Waals surface area contributed by atoms with Gasteiger partial charge >= 0.3 is 5.97 Å². The molecule has 0 fully saturated rings. The van der Waals surface area contributed by atoms with Gasteiger partial charge in [-0.15, -0.1) is 0 Å². The molecule has 1 atom stereocenters. The summed E-state index contributed by atoms with van der Waals surface area (Å²) >= 11 is 0. The van der Waals surface area contributed by atoms with Crippen molar-refractivity contribution in [3.8, 4) is 0 Å². The summed E-state index contributed by atoms with van der Waals surface area (Å²) < 4.78 is 4.79. The van der Waals surface area contributed by atoms with Crippen LogP contribution in [0.1, 0.15) is 18.4 Å². The topological polar surface area (TPSA) is 97.2 Å². The minimum absolute atomic E-state index is 0.194. The quantitative estimate of drug-likeness (QED) is 0.667. The Labute approximate surface area is 129 Å². The molecule has 1 aromatic heterocycles. The maximum Gasteiger partial charge on any atom is 0.328 e. The number of amides is 1. The summed E-state index contributed by atoms with van der Waals surface area (Å²) in [4.78, 5) is 26.9. The summed E-state index contributed by atoms with van der Waals surface area (Å²) in [5, 5.41) is 3.76. The number of methoxy groups -OCH3 is 1. The number of para-hydroxylation sites is 1. The van der Waals surface area contributed by atoms with Crippen molar-refractivity contribution in [2.45, 2.75) is 25.3 Å². The van der Waals surface area contributed by atoms with Crippen LogP contribution in [0.2, 0.25) is 0 Å². The summed E-state index contributed by atoms with van der Waals surface area (Å²) in [6.45, 7) is 0.443. The van der Waals surface area contributed by atoms with Gasteiger partial charge in [0.2, 0.25) is 5.91 Å². The first-order valence-electron chi connectivity index (χ1n) is 7.28. The molecule has 6 heteroatoms. The van der Waals surface area contributed by atoms with Crippen molar-refractivity contribution in [3.05, 3.63) is 36.0 Å². The number of nitrogens with two attached hydrogens (primary N) is 1. The molecule has 118 valence electrons. The molecular formula is C16H21N3O3. The van der Waals surface area contributed by atoms with E-state index in [4.69, 9.17) is 10.5 Å². The maximum atomic E-state index is 11.9. The van der Waals surface area contributed by atoms with E-state index in [0.717, 1.165) is 16.5 Å². The second kappa shape index (κ2) is 7.61. The van der Waals surface area contributed by atoms with Crippen molar-refractivity contribution in [1.82, 2.24) is 10.3 Å². The highest BCUT2D eigenvalue weighted by atomic mass is 16.5. The number of carbonyl (C=O) groups is 2. The van der Waals surface area contributed by atoms with Crippen molar-refractivity contribution in [2.24, 2.45) is 5.73 Å². The molecule has 4 N–H and O–H groups in total. The van der Waals surface area contributed by atoms with Crippen LogP contribution in [0.3, 0.4) is 0 Å². The molecule has 1 aromatic carbocycles. The third kappa shape index (κ3) is 3.85. The fraction of sp³-hybridized carbons (Fsp3) is 0.375. The number of rotatable bonds is 7. The SMILES string of the molecule is COC(=O)C(Cc1c[nH]c2ccccc12)NC(=O)CCCN. The first kappa shape index (κ1) is 16.0. The Bertz CT molecular complexity index is 651. The van der Waals surface area contributed by atoms with E-state index in [9.17, 15) is 9.59 Å². The molecular weight excluding hydrogens is 282 g/mol. The first-order valence-corrected chi connectivity index (χ1v) is 7.28. The van der Waals surface area contributed by atoms with Crippen molar-refractivity contribution in [3.63, 3.8) is 0 Å². The smallest absolute Gasteiger partial charge is 0.328 e. The van der Waals surface area contributed by atoms with Gasteiger partial charge in [0.1, 0.15) is 6.04 Å². The second-order valence-electron chi connectivity index (χ2n) is 5.10. The molecule has 0 saturated heterocycles. The standard InChI is InChI=1S/C16H21N3O3/c1-22-16(21)14(19-15(20)7-4-8-17)9-11-10-18-13-6-3-2-5-12(11)13/h2-3,5-6,10,14,18H,4,7-9,17H2,1H3,(H,19,20). The first-order chi connectivity index (χ1) is 10.7. The Balaban J connectivity index is 2.12. The van der Waals surface area contributed by atoms with Crippen LogP contribution in [0.25, 0.3) is 10.9 Å². The van der Waals surface area contributed by atoms with E-state index in [2.05, 4.69) is 10.3 Å². The number of esters is 1. The van der Waals surface area contributed by atoms with Gasteiger partial charge in [0, 0.05) is 29.9 Å². The summed E-state index contributed by atoms with van der Waals surface area (Å²) in [6.07, 6.45) is 3.13. The summed E-state index contributed by atoms with van der Waals surface area (Å²) in [5.74, 6) is -0.646. The third-order valence-electron chi connectivity index (χ3n) is 3.53. The minimum atomic E-state index is -0.700. The molecule has 1 heterocycles. The zero-order chi connectivity index (χ0) is 15.9. The van der Waals surface area contributed by atoms with Gasteiger partial charge in [-0.1, -0.05) is 18.2 Å². The molecule has 2 rings (SSSR count). The highest BCUT2D eigenvalue weighted by Gasteiger charge is 2.22. The molecule has 22 heavy (non-hydrogen) atoms. The van der Waals surface area contributed by atoms with Crippen LogP contribution < -0.4 is 11.1 Å². The molecule has 0 bridgehead atoms. The van der Waals surface area contributed by atoms with Gasteiger partial charge in [-0.2, -0.15) is 0 Å². The normalized spacial score (nSPS) is 12.1. The van der Waals surface area contributed by atoms with Gasteiger partial charge in [-0.3, -0.25) is 4.79 Å². The Morgan fingerprint density at radius 3 is 2.86 bits per heavy atom. The van der Waals surface area contributed by atoms with E-state index < -0.39 is 12.0 Å². The van der Waals surface area contributed by atoms with Gasteiger partial charge in [0.15, 0.2) is 0 Å². The minimum Gasteiger partial charge on any atom is -0.467 e. The molecule has 0 radical (unpaired) electrons. The summed E-state index contributed by atoms with van der Waals surface area (Å²) in [7, 11) is 1.32. The van der Waals surface area contributed by atoms with Gasteiger partial charge in [0.05, 0.1) is 7.11 Å². The van der Waals surface area contributed by atoms with E-state index in [1.807, 2.05) is 30.5 Å². The third-order valence-corrected chi connectivity index (χ3v) is 3.53. The fourth-order valence-electron chi connectivity index (χ4n) is 2.39. The number of aromatic amines is 1. The average molecular weight is 303 g/mol. The lowest BCUT2D eigenvalue weighted by atomic mass is 10.0. The van der Waals surface area contributed by atoms with Crippen LogP contribution in [0.4, 0.5) is 0 Å². The van der Waals surface area contributed by atoms with Crippen LogP contribution in [-0.4, -0.2) is 36.6 Å². The molecule has 0 aliphatic carbocycles. The van der Waals surface area contributed by atoms with Crippen LogP contribution in [-0.2, 0) is 20.7 Å². The molecule has 0 aliphatic heterocycles. The van der Waals surface area contributed by atoms with Crippen molar-refractivity contribution >= 4 is 22.8 Å². The van der Waals surface area contributed by atoms with Gasteiger partial charge in [0.25, 0.3) is 0 Å². The zero-order valence-corrected chi connectivity index (χ0v) is 12.6. The summed E-state index contributed by atoms with van der Waals surface area (Å²) in [5.41, 5.74) is 7.35. The average Bonchev–Trinajstić information content (AvgIpc) is 2.94. The molecule has 0 saturated carbocycles. The maximum absolute atomic E-state index is 11.9. The molecule has 0 aliphatic rings. The predicted octanol–water partition coefficient (Wildman–Crippen LogP) is 1.11. The lowest BCUT2D eigenvalue weighted by Gasteiger charge is -2.16. The number of benzene rings is 1. The largest absolute Gasteiger partial charge is 0.467 e. The number of carbonyl (C=O) groups excluding carboxylic acids is 2. The van der Waals surface area contributed by atoms with Gasteiger partial charge in [-0.25, -0.2) is 4.79 Å².